The molecule has 0 amide bonds. The third kappa shape index (κ3) is 2.10. The predicted octanol–water partition coefficient (Wildman–Crippen LogP) is 3.69. The number of hydrogen-bond donors (Lipinski definition) is 1. The van der Waals surface area contributed by atoms with Gasteiger partial charge in [0, 0.05) is 17.5 Å². The van der Waals surface area contributed by atoms with Gasteiger partial charge in [0.05, 0.1) is 5.52 Å². The Balaban J connectivity index is 2.06. The van der Waals surface area contributed by atoms with E-state index in [-0.39, 0.29) is 0 Å². The lowest BCUT2D eigenvalue weighted by Gasteiger charge is -2.23. The smallest absolute Gasteiger partial charge is 0.179 e. The number of rotatable bonds is 2. The van der Waals surface area contributed by atoms with E-state index in [0.717, 1.165) is 28.0 Å². The van der Waals surface area contributed by atoms with Crippen LogP contribution in [0.25, 0.3) is 11.2 Å². The molecular weight excluding hydrogens is 262 g/mol. The molecule has 5 heteroatoms. The van der Waals surface area contributed by atoms with Gasteiger partial charge in [-0.2, -0.15) is 11.8 Å². The Bertz CT molecular complexity index is 635. The Morgan fingerprint density at radius 2 is 2.44 bits per heavy atom. The molecule has 1 aliphatic heterocycles. The van der Waals surface area contributed by atoms with E-state index in [0.29, 0.717) is 4.75 Å². The van der Waals surface area contributed by atoms with Crippen LogP contribution in [0.15, 0.2) is 12.3 Å². The van der Waals surface area contributed by atoms with Gasteiger partial charge in [-0.15, -0.1) is 0 Å². The molecular formula is C13H17N3S2. The number of H-pyrrole nitrogens is 1. The van der Waals surface area contributed by atoms with Gasteiger partial charge >= 0.3 is 0 Å². The van der Waals surface area contributed by atoms with Crippen molar-refractivity contribution in [2.24, 2.45) is 0 Å². The summed E-state index contributed by atoms with van der Waals surface area (Å²) >= 11 is 7.49. The van der Waals surface area contributed by atoms with Crippen molar-refractivity contribution in [3.05, 3.63) is 22.6 Å². The molecule has 1 fully saturated rings. The third-order valence-electron chi connectivity index (χ3n) is 3.54. The van der Waals surface area contributed by atoms with Crippen LogP contribution in [0.1, 0.15) is 25.3 Å². The van der Waals surface area contributed by atoms with Gasteiger partial charge in [-0.1, -0.05) is 0 Å². The Labute approximate surface area is 116 Å². The molecule has 1 N–H and O–H groups in total. The van der Waals surface area contributed by atoms with E-state index in [4.69, 9.17) is 12.2 Å². The van der Waals surface area contributed by atoms with Crippen molar-refractivity contribution < 1.29 is 0 Å². The average Bonchev–Trinajstić information content (AvgIpc) is 2.85. The summed E-state index contributed by atoms with van der Waals surface area (Å²) in [6.07, 6.45) is 4.48. The van der Waals surface area contributed by atoms with Gasteiger partial charge in [-0.3, -0.25) is 0 Å². The summed E-state index contributed by atoms with van der Waals surface area (Å²) in [7, 11) is 0. The number of thioether (sulfide) groups is 1. The van der Waals surface area contributed by atoms with E-state index < -0.39 is 0 Å². The Hall–Kier alpha value is -0.810. The second-order valence-corrected chi connectivity index (χ2v) is 7.37. The lowest BCUT2D eigenvalue weighted by Crippen LogP contribution is -2.23. The zero-order chi connectivity index (χ0) is 12.8. The van der Waals surface area contributed by atoms with Crippen LogP contribution in [-0.2, 0) is 6.54 Å². The zero-order valence-electron chi connectivity index (χ0n) is 10.7. The summed E-state index contributed by atoms with van der Waals surface area (Å²) in [5.74, 6) is 1.26. The van der Waals surface area contributed by atoms with Crippen LogP contribution in [0.3, 0.4) is 0 Å². The lowest BCUT2D eigenvalue weighted by atomic mass is 10.1. The standard InChI is InChI=1S/C13H17N3S2/c1-9-6-10-11(14-7-9)16(12(17)15-10)8-13(2)4-3-5-18-13/h6-7H,3-5,8H2,1-2H3,(H,15,17). The molecule has 0 radical (unpaired) electrons. The van der Waals surface area contributed by atoms with Crippen molar-refractivity contribution in [2.45, 2.75) is 38.0 Å². The fourth-order valence-corrected chi connectivity index (χ4v) is 4.14. The Morgan fingerprint density at radius 3 is 3.17 bits per heavy atom. The van der Waals surface area contributed by atoms with Crippen molar-refractivity contribution in [1.29, 1.82) is 0 Å². The van der Waals surface area contributed by atoms with Crippen LogP contribution in [0.2, 0.25) is 0 Å². The number of nitrogens with one attached hydrogen (secondary N) is 1. The van der Waals surface area contributed by atoms with Crippen LogP contribution in [0.4, 0.5) is 0 Å². The minimum Gasteiger partial charge on any atom is -0.329 e. The molecule has 3 nitrogen and oxygen atoms in total. The number of fused-ring (bicyclic) bond motifs is 1. The molecule has 1 aliphatic rings. The van der Waals surface area contributed by atoms with Crippen LogP contribution in [0, 0.1) is 11.7 Å². The molecule has 3 rings (SSSR count). The first-order chi connectivity index (χ1) is 8.57. The summed E-state index contributed by atoms with van der Waals surface area (Å²) in [6, 6.07) is 2.11. The maximum Gasteiger partial charge on any atom is 0.179 e. The van der Waals surface area contributed by atoms with Crippen molar-refractivity contribution in [1.82, 2.24) is 14.5 Å². The first kappa shape index (κ1) is 12.2. The lowest BCUT2D eigenvalue weighted by molar-refractivity contribution is 0.513. The van der Waals surface area contributed by atoms with Gasteiger partial charge in [0.25, 0.3) is 0 Å². The monoisotopic (exact) mass is 279 g/mol. The second kappa shape index (κ2) is 4.38. The van der Waals surface area contributed by atoms with Gasteiger partial charge in [0.1, 0.15) is 0 Å². The van der Waals surface area contributed by atoms with Gasteiger partial charge in [0.2, 0.25) is 0 Å². The largest absolute Gasteiger partial charge is 0.329 e. The maximum absolute atomic E-state index is 5.44. The molecule has 2 aromatic heterocycles. The molecule has 96 valence electrons. The highest BCUT2D eigenvalue weighted by Gasteiger charge is 2.30. The summed E-state index contributed by atoms with van der Waals surface area (Å²) in [6.45, 7) is 5.33. The minimum atomic E-state index is 0.305. The van der Waals surface area contributed by atoms with E-state index in [9.17, 15) is 0 Å². The van der Waals surface area contributed by atoms with Crippen molar-refractivity contribution in [3.8, 4) is 0 Å². The molecule has 1 unspecified atom stereocenters. The quantitative estimate of drug-likeness (QED) is 0.851. The highest BCUT2D eigenvalue weighted by molar-refractivity contribution is 8.00. The van der Waals surface area contributed by atoms with Crippen molar-refractivity contribution in [2.75, 3.05) is 5.75 Å². The summed E-state index contributed by atoms with van der Waals surface area (Å²) in [4.78, 5) is 7.80. The van der Waals surface area contributed by atoms with Crippen LogP contribution < -0.4 is 0 Å². The molecule has 18 heavy (non-hydrogen) atoms. The number of aromatic nitrogens is 3. The number of pyridine rings is 1. The summed E-state index contributed by atoms with van der Waals surface area (Å²) < 4.78 is 3.25. The van der Waals surface area contributed by atoms with Crippen LogP contribution in [-0.4, -0.2) is 25.0 Å². The van der Waals surface area contributed by atoms with E-state index in [2.05, 4.69) is 46.2 Å². The fraction of sp³-hybridized carbons (Fsp3) is 0.538. The van der Waals surface area contributed by atoms with Crippen molar-refractivity contribution >= 4 is 35.1 Å². The first-order valence-electron chi connectivity index (χ1n) is 6.27. The van der Waals surface area contributed by atoms with Crippen LogP contribution >= 0.6 is 24.0 Å². The average molecular weight is 279 g/mol. The van der Waals surface area contributed by atoms with Crippen LogP contribution in [0.5, 0.6) is 0 Å². The molecule has 0 aromatic carbocycles. The number of imidazole rings is 1. The molecule has 2 aromatic rings. The van der Waals surface area contributed by atoms with Gasteiger partial charge < -0.3 is 9.55 Å². The number of nitrogens with zero attached hydrogens (tertiary/aromatic N) is 2. The highest BCUT2D eigenvalue weighted by atomic mass is 32.2. The normalized spacial score (nSPS) is 23.9. The fourth-order valence-electron chi connectivity index (χ4n) is 2.59. The molecule has 0 bridgehead atoms. The highest BCUT2D eigenvalue weighted by Crippen LogP contribution is 2.39. The van der Waals surface area contributed by atoms with E-state index in [1.54, 1.807) is 0 Å². The predicted molar refractivity (Wildman–Crippen MR) is 79.8 cm³/mol. The summed E-state index contributed by atoms with van der Waals surface area (Å²) in [5.41, 5.74) is 3.19. The molecule has 1 atom stereocenters. The number of aryl methyl sites for hydroxylation is 1. The molecule has 0 saturated carbocycles. The first-order valence-corrected chi connectivity index (χ1v) is 7.66. The Kier molecular flexibility index (Phi) is 2.98. The second-order valence-electron chi connectivity index (χ2n) is 5.30. The van der Waals surface area contributed by atoms with E-state index >= 15 is 0 Å². The number of hydrogen-bond acceptors (Lipinski definition) is 3. The molecule has 3 heterocycles. The maximum atomic E-state index is 5.44. The van der Waals surface area contributed by atoms with Crippen molar-refractivity contribution in [3.63, 3.8) is 0 Å². The van der Waals surface area contributed by atoms with E-state index in [1.807, 2.05) is 6.20 Å². The molecule has 0 spiro atoms. The van der Waals surface area contributed by atoms with Gasteiger partial charge in [-0.05, 0) is 56.3 Å². The van der Waals surface area contributed by atoms with Gasteiger partial charge in [0.15, 0.2) is 10.4 Å². The topological polar surface area (TPSA) is 33.6 Å². The summed E-state index contributed by atoms with van der Waals surface area (Å²) in [5, 5.41) is 0. The van der Waals surface area contributed by atoms with Gasteiger partial charge in [-0.25, -0.2) is 4.98 Å². The third-order valence-corrected chi connectivity index (χ3v) is 5.38. The molecule has 1 saturated heterocycles. The minimum absolute atomic E-state index is 0.305. The SMILES string of the molecule is Cc1cnc2c(c1)[nH]c(=S)n2CC1(C)CCCS1. The van der Waals surface area contributed by atoms with E-state index in [1.165, 1.54) is 18.6 Å². The zero-order valence-corrected chi connectivity index (χ0v) is 12.3. The Morgan fingerprint density at radius 1 is 1.61 bits per heavy atom. The molecule has 0 aliphatic carbocycles. The number of aromatic amines is 1.